The van der Waals surface area contributed by atoms with Gasteiger partial charge in [0.15, 0.2) is 0 Å². The predicted molar refractivity (Wildman–Crippen MR) is 78.4 cm³/mol. The Morgan fingerprint density at radius 2 is 2.10 bits per heavy atom. The van der Waals surface area contributed by atoms with Crippen molar-refractivity contribution in [3.05, 3.63) is 53.3 Å². The van der Waals surface area contributed by atoms with E-state index in [1.54, 1.807) is 17.9 Å². The van der Waals surface area contributed by atoms with Gasteiger partial charge < -0.3 is 11.1 Å². The van der Waals surface area contributed by atoms with Crippen molar-refractivity contribution in [1.82, 2.24) is 15.1 Å². The minimum absolute atomic E-state index is 0.0792. The number of nitrogens with two attached hydrogens (primary N) is 1. The molecule has 0 fully saturated rings. The highest BCUT2D eigenvalue weighted by Gasteiger charge is 2.16. The number of nitrogens with zero attached hydrogens (tertiary/aromatic N) is 2. The average molecular weight is 272 g/mol. The fraction of sp³-hybridized carbons (Fsp3) is 0.333. The molecule has 0 aliphatic heterocycles. The number of nitrogens with one attached hydrogen (secondary N) is 1. The summed E-state index contributed by atoms with van der Waals surface area (Å²) >= 11 is 0. The van der Waals surface area contributed by atoms with Crippen LogP contribution in [0, 0.1) is 6.92 Å². The first-order valence-electron chi connectivity index (χ1n) is 6.65. The average Bonchev–Trinajstić information content (AvgIpc) is 2.78. The van der Waals surface area contributed by atoms with E-state index in [1.807, 2.05) is 37.3 Å². The number of aryl methyl sites for hydroxylation is 2. The molecule has 5 heteroatoms. The number of hydrogen-bond acceptors (Lipinski definition) is 3. The van der Waals surface area contributed by atoms with Crippen LogP contribution in [0.4, 0.5) is 0 Å². The lowest BCUT2D eigenvalue weighted by Crippen LogP contribution is -2.41. The maximum absolute atomic E-state index is 12.2. The second-order valence-electron chi connectivity index (χ2n) is 4.90. The van der Waals surface area contributed by atoms with Crippen molar-refractivity contribution in [2.45, 2.75) is 19.4 Å². The van der Waals surface area contributed by atoms with Gasteiger partial charge in [0.25, 0.3) is 5.91 Å². The van der Waals surface area contributed by atoms with Crippen molar-refractivity contribution in [3.8, 4) is 0 Å². The van der Waals surface area contributed by atoms with Gasteiger partial charge in [-0.05, 0) is 18.9 Å². The van der Waals surface area contributed by atoms with Crippen LogP contribution in [0.15, 0.2) is 36.5 Å². The molecule has 1 heterocycles. The second kappa shape index (κ2) is 6.34. The summed E-state index contributed by atoms with van der Waals surface area (Å²) in [6.07, 6.45) is 2.45. The number of carbonyl (C=O) groups is 1. The molecule has 1 amide bonds. The van der Waals surface area contributed by atoms with Gasteiger partial charge in [0.1, 0.15) is 0 Å². The summed E-state index contributed by atoms with van der Waals surface area (Å²) in [7, 11) is 1.80. The molecule has 2 aromatic rings. The first-order chi connectivity index (χ1) is 9.60. The van der Waals surface area contributed by atoms with Gasteiger partial charge >= 0.3 is 0 Å². The number of carbonyl (C=O) groups excluding carboxylic acids is 1. The second-order valence-corrected chi connectivity index (χ2v) is 4.90. The van der Waals surface area contributed by atoms with Gasteiger partial charge in [0.2, 0.25) is 0 Å². The van der Waals surface area contributed by atoms with Crippen LogP contribution in [0.2, 0.25) is 0 Å². The van der Waals surface area contributed by atoms with E-state index < -0.39 is 0 Å². The van der Waals surface area contributed by atoms with Crippen LogP contribution in [-0.2, 0) is 13.5 Å². The third kappa shape index (κ3) is 3.45. The lowest BCUT2D eigenvalue weighted by atomic mass is 10.1. The van der Waals surface area contributed by atoms with Gasteiger partial charge in [-0.25, -0.2) is 0 Å². The quantitative estimate of drug-likeness (QED) is 0.854. The zero-order valence-corrected chi connectivity index (χ0v) is 11.8. The molecule has 1 aromatic carbocycles. The third-order valence-corrected chi connectivity index (χ3v) is 3.20. The largest absolute Gasteiger partial charge is 0.348 e. The molecule has 0 spiro atoms. The zero-order chi connectivity index (χ0) is 14.5. The molecule has 0 bridgehead atoms. The number of aromatic nitrogens is 2. The van der Waals surface area contributed by atoms with E-state index >= 15 is 0 Å². The van der Waals surface area contributed by atoms with Crippen molar-refractivity contribution in [2.75, 3.05) is 6.54 Å². The normalized spacial score (nSPS) is 12.2. The summed E-state index contributed by atoms with van der Waals surface area (Å²) in [6.45, 7) is 2.23. The molecule has 106 valence electrons. The molecule has 0 radical (unpaired) electrons. The van der Waals surface area contributed by atoms with Gasteiger partial charge in [-0.15, -0.1) is 0 Å². The minimum atomic E-state index is -0.123. The monoisotopic (exact) mass is 272 g/mol. The number of benzene rings is 1. The first-order valence-corrected chi connectivity index (χ1v) is 6.65. The first kappa shape index (κ1) is 14.3. The predicted octanol–water partition coefficient (Wildman–Crippen LogP) is 1.03. The highest BCUT2D eigenvalue weighted by Crippen LogP contribution is 2.07. The smallest absolute Gasteiger partial charge is 0.255 e. The van der Waals surface area contributed by atoms with Crippen LogP contribution in [0.5, 0.6) is 0 Å². The standard InChI is InChI=1S/C15H20N4O/c1-11-14(10-19(2)18-11)15(20)17-13(9-16)8-12-6-4-3-5-7-12/h3-7,10,13H,8-9,16H2,1-2H3,(H,17,20). The Kier molecular flexibility index (Phi) is 4.53. The van der Waals surface area contributed by atoms with Crippen LogP contribution in [0.3, 0.4) is 0 Å². The lowest BCUT2D eigenvalue weighted by molar-refractivity contribution is 0.0937. The molecule has 5 nitrogen and oxygen atoms in total. The molecule has 0 saturated carbocycles. The van der Waals surface area contributed by atoms with Crippen LogP contribution in [-0.4, -0.2) is 28.3 Å². The van der Waals surface area contributed by atoms with Crippen LogP contribution < -0.4 is 11.1 Å². The SMILES string of the molecule is Cc1nn(C)cc1C(=O)NC(CN)Cc1ccccc1. The third-order valence-electron chi connectivity index (χ3n) is 3.20. The van der Waals surface area contributed by atoms with E-state index in [9.17, 15) is 4.79 Å². The molecule has 1 unspecified atom stereocenters. The Balaban J connectivity index is 2.03. The summed E-state index contributed by atoms with van der Waals surface area (Å²) in [5.74, 6) is -0.123. The van der Waals surface area contributed by atoms with Crippen molar-refractivity contribution in [2.24, 2.45) is 12.8 Å². The van der Waals surface area contributed by atoms with E-state index in [2.05, 4.69) is 10.4 Å². The van der Waals surface area contributed by atoms with E-state index in [-0.39, 0.29) is 11.9 Å². The Hall–Kier alpha value is -2.14. The number of hydrogen-bond donors (Lipinski definition) is 2. The molecular weight excluding hydrogens is 252 g/mol. The molecule has 1 atom stereocenters. The molecule has 0 saturated heterocycles. The van der Waals surface area contributed by atoms with E-state index in [1.165, 1.54) is 0 Å². The Morgan fingerprint density at radius 1 is 1.40 bits per heavy atom. The van der Waals surface area contributed by atoms with Crippen LogP contribution in [0.1, 0.15) is 21.6 Å². The van der Waals surface area contributed by atoms with E-state index in [0.29, 0.717) is 12.1 Å². The Bertz CT molecular complexity index is 577. The summed E-state index contributed by atoms with van der Waals surface area (Å²) in [4.78, 5) is 12.2. The van der Waals surface area contributed by atoms with Crippen LogP contribution in [0.25, 0.3) is 0 Å². The van der Waals surface area contributed by atoms with Gasteiger partial charge in [0.05, 0.1) is 11.3 Å². The molecule has 20 heavy (non-hydrogen) atoms. The Labute approximate surface area is 118 Å². The highest BCUT2D eigenvalue weighted by molar-refractivity contribution is 5.95. The van der Waals surface area contributed by atoms with E-state index in [4.69, 9.17) is 5.73 Å². The van der Waals surface area contributed by atoms with Gasteiger partial charge in [-0.3, -0.25) is 9.48 Å². The maximum atomic E-state index is 12.2. The fourth-order valence-electron chi connectivity index (χ4n) is 2.18. The molecule has 1 aromatic heterocycles. The lowest BCUT2D eigenvalue weighted by Gasteiger charge is -2.16. The summed E-state index contributed by atoms with van der Waals surface area (Å²) in [5, 5.41) is 7.14. The van der Waals surface area contributed by atoms with Crippen molar-refractivity contribution >= 4 is 5.91 Å². The summed E-state index contributed by atoms with van der Waals surface area (Å²) < 4.78 is 1.64. The summed E-state index contributed by atoms with van der Waals surface area (Å²) in [5.41, 5.74) is 8.23. The Morgan fingerprint density at radius 3 is 2.65 bits per heavy atom. The molecular formula is C15H20N4O. The van der Waals surface area contributed by atoms with Crippen LogP contribution >= 0.6 is 0 Å². The topological polar surface area (TPSA) is 72.9 Å². The van der Waals surface area contributed by atoms with Gasteiger partial charge in [-0.2, -0.15) is 5.10 Å². The minimum Gasteiger partial charge on any atom is -0.348 e. The molecule has 2 rings (SSSR count). The van der Waals surface area contributed by atoms with Crippen molar-refractivity contribution in [3.63, 3.8) is 0 Å². The number of amides is 1. The van der Waals surface area contributed by atoms with Crippen molar-refractivity contribution < 1.29 is 4.79 Å². The number of rotatable bonds is 5. The molecule has 3 N–H and O–H groups in total. The molecule has 0 aliphatic carbocycles. The van der Waals surface area contributed by atoms with Crippen molar-refractivity contribution in [1.29, 1.82) is 0 Å². The van der Waals surface area contributed by atoms with Gasteiger partial charge in [0, 0.05) is 25.8 Å². The fourth-order valence-corrected chi connectivity index (χ4v) is 2.18. The van der Waals surface area contributed by atoms with Gasteiger partial charge in [-0.1, -0.05) is 30.3 Å². The van der Waals surface area contributed by atoms with E-state index in [0.717, 1.165) is 17.7 Å². The maximum Gasteiger partial charge on any atom is 0.255 e. The molecule has 0 aliphatic rings. The zero-order valence-electron chi connectivity index (χ0n) is 11.8. The summed E-state index contributed by atoms with van der Waals surface area (Å²) in [6, 6.07) is 9.92. The highest BCUT2D eigenvalue weighted by atomic mass is 16.1.